The van der Waals surface area contributed by atoms with E-state index in [9.17, 15) is 19.1 Å². The highest BCUT2D eigenvalue weighted by atomic mass is 79.9. The van der Waals surface area contributed by atoms with Crippen molar-refractivity contribution in [1.29, 1.82) is 0 Å². The van der Waals surface area contributed by atoms with E-state index in [1.165, 1.54) is 25.3 Å². The van der Waals surface area contributed by atoms with Crippen LogP contribution < -0.4 is 9.47 Å². The summed E-state index contributed by atoms with van der Waals surface area (Å²) in [5.41, 5.74) is 1.29. The number of halogens is 3. The summed E-state index contributed by atoms with van der Waals surface area (Å²) in [4.78, 5) is 29.9. The van der Waals surface area contributed by atoms with Crippen LogP contribution in [0.1, 0.15) is 28.4 Å². The van der Waals surface area contributed by atoms with Crippen LogP contribution >= 0.6 is 39.3 Å². The van der Waals surface area contributed by atoms with Crippen molar-refractivity contribution in [1.82, 2.24) is 0 Å². The minimum absolute atomic E-state index is 0.0190. The molecule has 1 aliphatic heterocycles. The first-order valence-electron chi connectivity index (χ1n) is 11.8. The molecule has 0 unspecified atom stereocenters. The summed E-state index contributed by atoms with van der Waals surface area (Å²) in [6.45, 7) is 1.88. The van der Waals surface area contributed by atoms with Crippen molar-refractivity contribution in [3.8, 4) is 11.5 Å². The number of rotatable bonds is 8. The second kappa shape index (κ2) is 13.2. The van der Waals surface area contributed by atoms with E-state index in [4.69, 9.17) is 25.8 Å². The molecule has 1 heterocycles. The van der Waals surface area contributed by atoms with Gasteiger partial charge in [0, 0.05) is 4.47 Å². The number of ether oxygens (including phenoxy) is 3. The molecular weight excluding hydrogens is 625 g/mol. The number of benzene rings is 3. The topological polar surface area (TPSA) is 94.4 Å². The molecule has 0 aromatic heterocycles. The molecule has 1 N–H and O–H groups in total. The second-order valence-electron chi connectivity index (χ2n) is 8.20. The Bertz CT molecular complexity index is 1550. The lowest BCUT2D eigenvalue weighted by atomic mass is 10.1. The Hall–Kier alpha value is -3.60. The summed E-state index contributed by atoms with van der Waals surface area (Å²) >= 11 is 10.6. The molecule has 206 valence electrons. The van der Waals surface area contributed by atoms with Gasteiger partial charge in [0.1, 0.15) is 28.8 Å². The lowest BCUT2D eigenvalue weighted by Crippen LogP contribution is -2.14. The number of aliphatic imine (C=N–C) groups is 1. The third-order valence-corrected chi connectivity index (χ3v) is 7.59. The number of hydrogen-bond acceptors (Lipinski definition) is 7. The summed E-state index contributed by atoms with van der Waals surface area (Å²) < 4.78 is 30.3. The van der Waals surface area contributed by atoms with Gasteiger partial charge in [-0.1, -0.05) is 63.6 Å². The van der Waals surface area contributed by atoms with E-state index in [2.05, 4.69) is 20.9 Å². The number of esters is 1. The number of thioether (sulfide) groups is 1. The molecule has 7 nitrogen and oxygen atoms in total. The molecule has 4 rings (SSSR count). The van der Waals surface area contributed by atoms with E-state index < -0.39 is 11.9 Å². The van der Waals surface area contributed by atoms with Crippen LogP contribution in [0.4, 0.5) is 4.39 Å². The van der Waals surface area contributed by atoms with E-state index in [0.717, 1.165) is 17.3 Å². The molecule has 3 aromatic carbocycles. The van der Waals surface area contributed by atoms with E-state index in [1.807, 2.05) is 0 Å². The quantitative estimate of drug-likeness (QED) is 0.253. The van der Waals surface area contributed by atoms with Crippen LogP contribution in [-0.2, 0) is 16.1 Å². The average Bonchev–Trinajstić information content (AvgIpc) is 3.23. The van der Waals surface area contributed by atoms with Crippen molar-refractivity contribution in [2.24, 2.45) is 4.99 Å². The van der Waals surface area contributed by atoms with Crippen molar-refractivity contribution in [3.05, 3.63) is 109 Å². The Labute approximate surface area is 247 Å². The smallest absolute Gasteiger partial charge is 0.344 e. The molecule has 0 fully saturated rings. The van der Waals surface area contributed by atoms with Crippen molar-refractivity contribution in [3.63, 3.8) is 0 Å². The van der Waals surface area contributed by atoms with Gasteiger partial charge in [-0.05, 0) is 60.5 Å². The molecule has 0 saturated heterocycles. The highest BCUT2D eigenvalue weighted by Crippen LogP contribution is 2.42. The second-order valence-corrected chi connectivity index (χ2v) is 10.5. The molecule has 0 spiro atoms. The number of carbonyl (C=O) groups excluding carboxylic acids is 2. The summed E-state index contributed by atoms with van der Waals surface area (Å²) in [5, 5.41) is 11.2. The van der Waals surface area contributed by atoms with Gasteiger partial charge in [0.05, 0.1) is 29.2 Å². The van der Waals surface area contributed by atoms with Crippen LogP contribution in [0.3, 0.4) is 0 Å². The molecule has 0 aliphatic carbocycles. The first kappa shape index (κ1) is 29.4. The van der Waals surface area contributed by atoms with Crippen molar-refractivity contribution in [2.45, 2.75) is 13.5 Å². The Morgan fingerprint density at radius 3 is 2.52 bits per heavy atom. The Kier molecular flexibility index (Phi) is 9.67. The van der Waals surface area contributed by atoms with Crippen molar-refractivity contribution < 1.29 is 33.3 Å². The molecular formula is C29H22BrClFNO6S. The monoisotopic (exact) mass is 645 g/mol. The lowest BCUT2D eigenvalue weighted by molar-refractivity contribution is -0.138. The van der Waals surface area contributed by atoms with Gasteiger partial charge in [-0.15, -0.1) is 0 Å². The largest absolute Gasteiger partial charge is 0.506 e. The van der Waals surface area contributed by atoms with Gasteiger partial charge in [-0.3, -0.25) is 4.79 Å². The standard InChI is InChI=1S/C29H22BrClFNO6S/c1-3-38-29(36)25-26(34)24(40-28(25)33-27(35)19-6-4-5-7-21(19)31)13-17-12-22(37-2)23(14-20(17)30)39-15-16-8-10-18(32)11-9-16/h4-14,34H,3,15H2,1-2H3/b24-13-,33-28?. The average molecular weight is 647 g/mol. The van der Waals surface area contributed by atoms with Gasteiger partial charge in [-0.2, -0.15) is 0 Å². The van der Waals surface area contributed by atoms with Gasteiger partial charge in [-0.25, -0.2) is 14.2 Å². The highest BCUT2D eigenvalue weighted by Gasteiger charge is 2.34. The summed E-state index contributed by atoms with van der Waals surface area (Å²) in [6, 6.07) is 15.7. The van der Waals surface area contributed by atoms with Gasteiger partial charge >= 0.3 is 5.97 Å². The Balaban J connectivity index is 1.67. The predicted molar refractivity (Wildman–Crippen MR) is 156 cm³/mol. The molecule has 0 radical (unpaired) electrons. The number of carbonyl (C=O) groups is 2. The van der Waals surface area contributed by atoms with Crippen LogP contribution in [-0.4, -0.2) is 35.7 Å². The lowest BCUT2D eigenvalue weighted by Gasteiger charge is -2.13. The van der Waals surface area contributed by atoms with Crippen molar-refractivity contribution in [2.75, 3.05) is 13.7 Å². The fourth-order valence-electron chi connectivity index (χ4n) is 3.60. The summed E-state index contributed by atoms with van der Waals surface area (Å²) in [6.07, 6.45) is 1.61. The molecule has 1 amide bonds. The molecule has 1 aliphatic rings. The first-order valence-corrected chi connectivity index (χ1v) is 13.8. The van der Waals surface area contributed by atoms with Crippen LogP contribution in [0, 0.1) is 5.82 Å². The molecule has 3 aromatic rings. The van der Waals surface area contributed by atoms with Crippen LogP contribution in [0.25, 0.3) is 6.08 Å². The maximum absolute atomic E-state index is 13.2. The molecule has 0 atom stereocenters. The van der Waals surface area contributed by atoms with Gasteiger partial charge in [0.2, 0.25) is 0 Å². The minimum Gasteiger partial charge on any atom is -0.506 e. The van der Waals surface area contributed by atoms with Gasteiger partial charge in [0.15, 0.2) is 11.5 Å². The summed E-state index contributed by atoms with van der Waals surface area (Å²) in [7, 11) is 1.48. The predicted octanol–water partition coefficient (Wildman–Crippen LogP) is 7.53. The maximum Gasteiger partial charge on any atom is 0.344 e. The zero-order valence-electron chi connectivity index (χ0n) is 21.2. The third kappa shape index (κ3) is 6.75. The van der Waals surface area contributed by atoms with Gasteiger partial charge in [0.25, 0.3) is 5.91 Å². The zero-order valence-corrected chi connectivity index (χ0v) is 24.4. The van der Waals surface area contributed by atoms with E-state index in [1.54, 1.807) is 55.5 Å². The first-order chi connectivity index (χ1) is 19.2. The minimum atomic E-state index is -0.817. The van der Waals surface area contributed by atoms with Crippen LogP contribution in [0.15, 0.2) is 86.4 Å². The fourth-order valence-corrected chi connectivity index (χ4v) is 5.25. The number of methoxy groups -OCH3 is 1. The Morgan fingerprint density at radius 1 is 1.12 bits per heavy atom. The number of hydrogen-bond donors (Lipinski definition) is 1. The number of nitrogens with zero attached hydrogens (tertiary/aromatic N) is 1. The molecule has 40 heavy (non-hydrogen) atoms. The third-order valence-electron chi connectivity index (χ3n) is 5.55. The van der Waals surface area contributed by atoms with E-state index in [0.29, 0.717) is 21.5 Å². The zero-order chi connectivity index (χ0) is 28.8. The van der Waals surface area contributed by atoms with Crippen LogP contribution in [0.5, 0.6) is 11.5 Å². The molecule has 0 saturated carbocycles. The molecule has 11 heteroatoms. The number of aliphatic hydroxyl groups is 1. The summed E-state index contributed by atoms with van der Waals surface area (Å²) in [5.74, 6) is -1.37. The maximum atomic E-state index is 13.2. The normalized spacial score (nSPS) is 15.0. The SMILES string of the molecule is CCOC(=O)C1=C(O)/C(=C/c2cc(OC)c(OCc3ccc(F)cc3)cc2Br)SC1=NC(=O)c1ccccc1Cl. The van der Waals surface area contributed by atoms with Crippen LogP contribution in [0.2, 0.25) is 5.02 Å². The van der Waals surface area contributed by atoms with Crippen molar-refractivity contribution >= 4 is 62.3 Å². The fraction of sp³-hybridized carbons (Fsp3) is 0.138. The molecule has 0 bridgehead atoms. The number of amides is 1. The highest BCUT2D eigenvalue weighted by molar-refractivity contribution is 9.10. The van der Waals surface area contributed by atoms with E-state index in [-0.39, 0.29) is 50.9 Å². The van der Waals surface area contributed by atoms with E-state index >= 15 is 0 Å². The number of aliphatic hydroxyl groups excluding tert-OH is 1. The Morgan fingerprint density at radius 2 is 1.85 bits per heavy atom. The van der Waals surface area contributed by atoms with Gasteiger partial charge < -0.3 is 19.3 Å².